The molecular formula is C7H6. The SMILES string of the molecule is CC#C[C-]=C=[C+]C. The van der Waals surface area contributed by atoms with Crippen molar-refractivity contribution in [2.24, 2.45) is 0 Å². The summed E-state index contributed by atoms with van der Waals surface area (Å²) in [6, 6.07) is 0. The third-order valence-electron chi connectivity index (χ3n) is 0.375. The van der Waals surface area contributed by atoms with Crippen molar-refractivity contribution in [1.82, 2.24) is 0 Å². The number of hydrogen-bond donors (Lipinski definition) is 0. The van der Waals surface area contributed by atoms with E-state index < -0.39 is 0 Å². The average molecular weight is 90.1 g/mol. The summed E-state index contributed by atoms with van der Waals surface area (Å²) in [4.78, 5) is 0. The first-order valence-corrected chi connectivity index (χ1v) is 2.00. The summed E-state index contributed by atoms with van der Waals surface area (Å²) >= 11 is 0. The van der Waals surface area contributed by atoms with Gasteiger partial charge in [0.15, 0.2) is 0 Å². The van der Waals surface area contributed by atoms with Crippen LogP contribution >= 0.6 is 0 Å². The van der Waals surface area contributed by atoms with E-state index in [4.69, 9.17) is 0 Å². The first kappa shape index (κ1) is 5.99. The van der Waals surface area contributed by atoms with Crippen LogP contribution in [-0.4, -0.2) is 0 Å². The van der Waals surface area contributed by atoms with Crippen LogP contribution in [0.15, 0.2) is 5.73 Å². The van der Waals surface area contributed by atoms with Crippen LogP contribution in [0.1, 0.15) is 13.8 Å². The second-order valence-electron chi connectivity index (χ2n) is 0.875. The van der Waals surface area contributed by atoms with E-state index in [1.54, 1.807) is 13.8 Å². The maximum atomic E-state index is 2.64. The van der Waals surface area contributed by atoms with Crippen molar-refractivity contribution in [2.75, 3.05) is 0 Å². The fourth-order valence-corrected chi connectivity index (χ4v) is 0.156. The number of hydrogen-bond acceptors (Lipinski definition) is 0. The second kappa shape index (κ2) is 4.99. The van der Waals surface area contributed by atoms with Gasteiger partial charge < -0.3 is 0 Å². The van der Waals surface area contributed by atoms with Gasteiger partial charge in [-0.3, -0.25) is 0 Å². The molecule has 0 radical (unpaired) electrons. The molecule has 0 heteroatoms. The minimum atomic E-state index is 1.75. The summed E-state index contributed by atoms with van der Waals surface area (Å²) < 4.78 is 0. The Morgan fingerprint density at radius 3 is 2.71 bits per heavy atom. The van der Waals surface area contributed by atoms with Crippen LogP contribution in [0.4, 0.5) is 0 Å². The molecule has 0 nitrogen and oxygen atoms in total. The van der Waals surface area contributed by atoms with Crippen molar-refractivity contribution < 1.29 is 0 Å². The molecule has 0 heterocycles. The van der Waals surface area contributed by atoms with E-state index in [0.717, 1.165) is 0 Å². The molecule has 0 saturated carbocycles. The highest BCUT2D eigenvalue weighted by atomic mass is 13.5. The predicted molar refractivity (Wildman–Crippen MR) is 29.1 cm³/mol. The summed E-state index contributed by atoms with van der Waals surface area (Å²) in [6.45, 7) is 3.51. The molecule has 0 atom stereocenters. The highest BCUT2D eigenvalue weighted by molar-refractivity contribution is 5.05. The Hall–Kier alpha value is -1.01. The van der Waals surface area contributed by atoms with Gasteiger partial charge in [0, 0.05) is 0 Å². The van der Waals surface area contributed by atoms with Gasteiger partial charge in [-0.05, 0) is 13.8 Å². The van der Waals surface area contributed by atoms with E-state index in [1.807, 2.05) is 0 Å². The Kier molecular flexibility index (Phi) is 4.27. The predicted octanol–water partition coefficient (Wildman–Crippen LogP) is 1.35. The van der Waals surface area contributed by atoms with Crippen molar-refractivity contribution in [3.63, 3.8) is 0 Å². The molecule has 0 aromatic heterocycles. The fraction of sp³-hybridized carbons (Fsp3) is 0.286. The molecule has 0 saturated heterocycles. The molecule has 0 bridgehead atoms. The van der Waals surface area contributed by atoms with Crippen molar-refractivity contribution in [3.8, 4) is 11.8 Å². The third-order valence-corrected chi connectivity index (χ3v) is 0.375. The zero-order chi connectivity index (χ0) is 5.54. The average Bonchev–Trinajstić information content (AvgIpc) is 1.69. The molecule has 0 aliphatic carbocycles. The van der Waals surface area contributed by atoms with Gasteiger partial charge in [0.2, 0.25) is 0 Å². The molecule has 0 spiro atoms. The van der Waals surface area contributed by atoms with Gasteiger partial charge in [0.25, 0.3) is 0 Å². The molecule has 7 heavy (non-hydrogen) atoms. The molecule has 34 valence electrons. The lowest BCUT2D eigenvalue weighted by molar-refractivity contribution is 1.67. The Balaban J connectivity index is 3.63. The smallest absolute Gasteiger partial charge is 0.0984 e. The van der Waals surface area contributed by atoms with Gasteiger partial charge >= 0.3 is 0 Å². The van der Waals surface area contributed by atoms with Gasteiger partial charge in [-0.2, -0.15) is 0 Å². The summed E-state index contributed by atoms with van der Waals surface area (Å²) in [7, 11) is 0. The molecule has 0 aliphatic rings. The van der Waals surface area contributed by atoms with E-state index in [9.17, 15) is 0 Å². The second-order valence-corrected chi connectivity index (χ2v) is 0.875. The maximum absolute atomic E-state index is 2.64. The standard InChI is InChI=1S/C7H6/c1-3-5-7-6-4-2/h1-2H3. The first-order valence-electron chi connectivity index (χ1n) is 2.00. The van der Waals surface area contributed by atoms with Crippen LogP contribution in [-0.2, 0) is 0 Å². The molecule has 0 aliphatic heterocycles. The topological polar surface area (TPSA) is 0 Å². The quantitative estimate of drug-likeness (QED) is 0.239. The van der Waals surface area contributed by atoms with Crippen molar-refractivity contribution in [2.45, 2.75) is 13.8 Å². The Labute approximate surface area is 44.5 Å². The summed E-state index contributed by atoms with van der Waals surface area (Å²) in [6.07, 6.45) is 5.20. The van der Waals surface area contributed by atoms with E-state index in [0.29, 0.717) is 0 Å². The Morgan fingerprint density at radius 2 is 2.29 bits per heavy atom. The van der Waals surface area contributed by atoms with Crippen LogP contribution in [0.5, 0.6) is 0 Å². The highest BCUT2D eigenvalue weighted by Gasteiger charge is 1.48. The molecule has 0 N–H and O–H groups in total. The van der Waals surface area contributed by atoms with E-state index >= 15 is 0 Å². The lowest BCUT2D eigenvalue weighted by Crippen LogP contribution is -1.42. The van der Waals surface area contributed by atoms with Gasteiger partial charge in [0.1, 0.15) is 0 Å². The van der Waals surface area contributed by atoms with Crippen molar-refractivity contribution >= 4 is 0 Å². The zero-order valence-corrected chi connectivity index (χ0v) is 4.50. The lowest BCUT2D eigenvalue weighted by atomic mass is 10.5. The summed E-state index contributed by atoms with van der Waals surface area (Å²) in [5.41, 5.74) is 2.58. The zero-order valence-electron chi connectivity index (χ0n) is 4.50. The normalized spacial score (nSPS) is 4.29. The molecular weight excluding hydrogens is 84.1 g/mol. The van der Waals surface area contributed by atoms with Crippen molar-refractivity contribution in [3.05, 3.63) is 17.9 Å². The molecule has 0 aromatic carbocycles. The number of allylic oxidation sites excluding steroid dienone is 1. The third kappa shape index (κ3) is 4.99. The van der Waals surface area contributed by atoms with Gasteiger partial charge in [-0.15, -0.1) is 12.0 Å². The monoisotopic (exact) mass is 90.0 g/mol. The van der Waals surface area contributed by atoms with Gasteiger partial charge in [-0.1, -0.05) is 11.7 Å². The van der Waals surface area contributed by atoms with E-state index in [2.05, 4.69) is 29.7 Å². The molecule has 0 amide bonds. The Morgan fingerprint density at radius 1 is 1.57 bits per heavy atom. The van der Waals surface area contributed by atoms with Crippen LogP contribution in [0.25, 0.3) is 0 Å². The minimum absolute atomic E-state index is 1.75. The molecule has 0 aromatic rings. The molecule has 0 rings (SSSR count). The maximum Gasteiger partial charge on any atom is 0.0984 e. The summed E-state index contributed by atoms with van der Waals surface area (Å²) in [5.74, 6) is 5.21. The van der Waals surface area contributed by atoms with E-state index in [1.165, 1.54) is 0 Å². The summed E-state index contributed by atoms with van der Waals surface area (Å²) in [5, 5.41) is 0. The fourth-order valence-electron chi connectivity index (χ4n) is 0.156. The Bertz CT molecular complexity index is 135. The van der Waals surface area contributed by atoms with Crippen LogP contribution in [0.2, 0.25) is 0 Å². The van der Waals surface area contributed by atoms with E-state index in [-0.39, 0.29) is 0 Å². The highest BCUT2D eigenvalue weighted by Crippen LogP contribution is 1.57. The van der Waals surface area contributed by atoms with Crippen LogP contribution in [0.3, 0.4) is 0 Å². The van der Waals surface area contributed by atoms with Gasteiger partial charge in [0.05, 0.1) is 6.08 Å². The van der Waals surface area contributed by atoms with Crippen LogP contribution in [0, 0.1) is 24.0 Å². The van der Waals surface area contributed by atoms with Crippen molar-refractivity contribution in [1.29, 1.82) is 0 Å². The molecule has 0 fully saturated rings. The van der Waals surface area contributed by atoms with Crippen LogP contribution < -0.4 is 0 Å². The first-order chi connectivity index (χ1) is 3.41. The molecule has 0 unspecified atom stereocenters. The lowest BCUT2D eigenvalue weighted by Gasteiger charge is -1.51. The minimum Gasteiger partial charge on any atom is -0.101 e. The largest absolute Gasteiger partial charge is 0.101 e. The van der Waals surface area contributed by atoms with Gasteiger partial charge in [-0.25, -0.2) is 0 Å². The number of rotatable bonds is 0.